The second-order valence-corrected chi connectivity index (χ2v) is 5.56. The van der Waals surface area contributed by atoms with Crippen LogP contribution in [0, 0.1) is 11.7 Å². The van der Waals surface area contributed by atoms with Gasteiger partial charge in [0.25, 0.3) is 0 Å². The smallest absolute Gasteiger partial charge is 0.329 e. The Morgan fingerprint density at radius 1 is 1.48 bits per heavy atom. The predicted molar refractivity (Wildman–Crippen MR) is 80.0 cm³/mol. The Kier molecular flexibility index (Phi) is 4.83. The fourth-order valence-electron chi connectivity index (χ4n) is 2.49. The molecular weight excluding hydrogens is 295 g/mol. The van der Waals surface area contributed by atoms with Crippen LogP contribution in [0.15, 0.2) is 18.2 Å². The van der Waals surface area contributed by atoms with Crippen molar-refractivity contribution in [3.05, 3.63) is 29.8 Å². The number of hydrogen-bond acceptors (Lipinski definition) is 3. The monoisotopic (exact) mass is 312 g/mol. The molecule has 0 spiro atoms. The quantitative estimate of drug-likeness (QED) is 0.628. The summed E-state index contributed by atoms with van der Waals surface area (Å²) in [6.07, 6.45) is 0.498. The number of halogens is 2. The van der Waals surface area contributed by atoms with Gasteiger partial charge in [-0.15, -0.1) is 11.6 Å². The number of hydrogen-bond donors (Lipinski definition) is 0. The maximum atomic E-state index is 13.4. The molecule has 2 aromatic rings. The van der Waals surface area contributed by atoms with Gasteiger partial charge < -0.3 is 9.30 Å². The molecule has 0 aliphatic heterocycles. The predicted octanol–water partition coefficient (Wildman–Crippen LogP) is 3.33. The number of ether oxygens (including phenoxy) is 1. The van der Waals surface area contributed by atoms with E-state index in [4.69, 9.17) is 16.3 Å². The first-order valence-corrected chi connectivity index (χ1v) is 7.33. The van der Waals surface area contributed by atoms with E-state index in [0.29, 0.717) is 29.2 Å². The first-order chi connectivity index (χ1) is 9.99. The van der Waals surface area contributed by atoms with Crippen molar-refractivity contribution in [2.24, 2.45) is 5.92 Å². The minimum atomic E-state index is -0.510. The van der Waals surface area contributed by atoms with Crippen molar-refractivity contribution in [3.63, 3.8) is 0 Å². The third-order valence-corrected chi connectivity index (χ3v) is 3.58. The maximum Gasteiger partial charge on any atom is 0.329 e. The van der Waals surface area contributed by atoms with E-state index in [1.165, 1.54) is 19.2 Å². The van der Waals surface area contributed by atoms with Crippen LogP contribution in [0.2, 0.25) is 0 Å². The lowest BCUT2D eigenvalue weighted by atomic mass is 10.0. The van der Waals surface area contributed by atoms with Crippen molar-refractivity contribution in [3.8, 4) is 0 Å². The van der Waals surface area contributed by atoms with Gasteiger partial charge in [-0.2, -0.15) is 0 Å². The summed E-state index contributed by atoms with van der Waals surface area (Å²) in [5.41, 5.74) is 1.23. The van der Waals surface area contributed by atoms with E-state index >= 15 is 0 Å². The third kappa shape index (κ3) is 3.02. The van der Waals surface area contributed by atoms with Crippen molar-refractivity contribution >= 4 is 28.6 Å². The Bertz CT molecular complexity index is 654. The van der Waals surface area contributed by atoms with Crippen LogP contribution < -0.4 is 0 Å². The van der Waals surface area contributed by atoms with Gasteiger partial charge in [0.05, 0.1) is 18.1 Å². The molecule has 1 atom stereocenters. The van der Waals surface area contributed by atoms with Crippen LogP contribution in [0.4, 0.5) is 4.39 Å². The van der Waals surface area contributed by atoms with Crippen LogP contribution in [0.3, 0.4) is 0 Å². The number of fused-ring (bicyclic) bond motifs is 1. The average Bonchev–Trinajstić information content (AvgIpc) is 2.76. The Morgan fingerprint density at radius 3 is 2.76 bits per heavy atom. The van der Waals surface area contributed by atoms with Crippen LogP contribution in [-0.2, 0) is 16.0 Å². The molecule has 0 saturated heterocycles. The van der Waals surface area contributed by atoms with Gasteiger partial charge in [-0.05, 0) is 18.1 Å². The number of imidazole rings is 1. The molecule has 1 heterocycles. The molecule has 2 rings (SSSR count). The first-order valence-electron chi connectivity index (χ1n) is 6.79. The summed E-state index contributed by atoms with van der Waals surface area (Å²) in [4.78, 5) is 16.6. The van der Waals surface area contributed by atoms with Crippen molar-refractivity contribution < 1.29 is 13.9 Å². The van der Waals surface area contributed by atoms with Crippen LogP contribution in [0.25, 0.3) is 11.0 Å². The summed E-state index contributed by atoms with van der Waals surface area (Å²) < 4.78 is 20.1. The van der Waals surface area contributed by atoms with E-state index < -0.39 is 6.04 Å². The van der Waals surface area contributed by atoms with Gasteiger partial charge in [-0.3, -0.25) is 0 Å². The van der Waals surface area contributed by atoms with Gasteiger partial charge >= 0.3 is 5.97 Å². The summed E-state index contributed by atoms with van der Waals surface area (Å²) >= 11 is 5.82. The molecule has 0 bridgehead atoms. The third-order valence-electron chi connectivity index (χ3n) is 3.40. The molecule has 6 heteroatoms. The molecule has 0 radical (unpaired) electrons. The number of alkyl halides is 1. The molecule has 1 aromatic carbocycles. The zero-order valence-electron chi connectivity index (χ0n) is 12.3. The van der Waals surface area contributed by atoms with Gasteiger partial charge in [-0.1, -0.05) is 13.8 Å². The highest BCUT2D eigenvalue weighted by molar-refractivity contribution is 6.17. The second-order valence-electron chi connectivity index (χ2n) is 5.18. The number of carbonyl (C=O) groups is 1. The van der Waals surface area contributed by atoms with E-state index in [-0.39, 0.29) is 17.7 Å². The fraction of sp³-hybridized carbons (Fsp3) is 0.467. The summed E-state index contributed by atoms with van der Waals surface area (Å²) in [6, 6.07) is 3.84. The number of nitrogens with zero attached hydrogens (tertiary/aromatic N) is 2. The molecule has 0 fully saturated rings. The number of methoxy groups -OCH3 is 1. The number of benzene rings is 1. The number of esters is 1. The topological polar surface area (TPSA) is 44.1 Å². The van der Waals surface area contributed by atoms with E-state index in [1.807, 2.05) is 18.4 Å². The molecule has 0 amide bonds. The van der Waals surface area contributed by atoms with Crippen molar-refractivity contribution in [1.82, 2.24) is 9.55 Å². The molecular formula is C15H18ClFN2O2. The Labute approximate surface area is 127 Å². The lowest BCUT2D eigenvalue weighted by molar-refractivity contribution is -0.145. The zero-order chi connectivity index (χ0) is 15.6. The summed E-state index contributed by atoms with van der Waals surface area (Å²) in [6.45, 7) is 3.86. The van der Waals surface area contributed by atoms with Crippen LogP contribution >= 0.6 is 11.6 Å². The molecule has 1 unspecified atom stereocenters. The van der Waals surface area contributed by atoms with Gasteiger partial charge in [0.15, 0.2) is 0 Å². The molecule has 4 nitrogen and oxygen atoms in total. The highest BCUT2D eigenvalue weighted by atomic mass is 35.5. The van der Waals surface area contributed by atoms with E-state index in [9.17, 15) is 9.18 Å². The molecule has 21 heavy (non-hydrogen) atoms. The summed E-state index contributed by atoms with van der Waals surface area (Å²) in [7, 11) is 1.36. The molecule has 0 saturated carbocycles. The minimum Gasteiger partial charge on any atom is -0.467 e. The molecule has 0 aliphatic carbocycles. The largest absolute Gasteiger partial charge is 0.467 e. The van der Waals surface area contributed by atoms with Gasteiger partial charge in [0.2, 0.25) is 0 Å². The van der Waals surface area contributed by atoms with E-state index in [1.54, 1.807) is 6.07 Å². The molecule has 1 aromatic heterocycles. The molecule has 0 aliphatic rings. The average molecular weight is 313 g/mol. The Balaban J connectivity index is 2.68. The lowest BCUT2D eigenvalue weighted by Gasteiger charge is -2.22. The van der Waals surface area contributed by atoms with Gasteiger partial charge in [-0.25, -0.2) is 14.2 Å². The van der Waals surface area contributed by atoms with Crippen molar-refractivity contribution in [2.75, 3.05) is 13.0 Å². The number of carbonyl (C=O) groups excluding carboxylic acids is 1. The standard InChI is InChI=1S/C15H18ClFN2O2/c1-9(2)14(15(20)21-3)19-12-5-4-10(17)8-11(12)18-13(19)6-7-16/h4-5,8-9,14H,6-7H2,1-3H3. The first kappa shape index (κ1) is 15.8. The van der Waals surface area contributed by atoms with Crippen molar-refractivity contribution in [1.29, 1.82) is 0 Å². The van der Waals surface area contributed by atoms with Gasteiger partial charge in [0.1, 0.15) is 17.7 Å². The van der Waals surface area contributed by atoms with Crippen LogP contribution in [0.1, 0.15) is 25.7 Å². The van der Waals surface area contributed by atoms with Gasteiger partial charge in [0, 0.05) is 18.4 Å². The lowest BCUT2D eigenvalue weighted by Crippen LogP contribution is -2.27. The zero-order valence-corrected chi connectivity index (χ0v) is 13.0. The van der Waals surface area contributed by atoms with Crippen LogP contribution in [0.5, 0.6) is 0 Å². The second kappa shape index (κ2) is 6.43. The summed E-state index contributed by atoms with van der Waals surface area (Å²) in [5.74, 6) is 0.342. The normalized spacial score (nSPS) is 12.9. The van der Waals surface area contributed by atoms with Crippen molar-refractivity contribution in [2.45, 2.75) is 26.3 Å². The fourth-order valence-corrected chi connectivity index (χ4v) is 2.66. The number of aryl methyl sites for hydroxylation is 1. The molecule has 0 N–H and O–H groups in total. The van der Waals surface area contributed by atoms with Crippen LogP contribution in [-0.4, -0.2) is 28.5 Å². The highest BCUT2D eigenvalue weighted by Gasteiger charge is 2.29. The SMILES string of the molecule is COC(=O)C(C(C)C)n1c(CCCl)nc2cc(F)ccc21. The Morgan fingerprint density at radius 2 is 2.19 bits per heavy atom. The molecule has 114 valence electrons. The minimum absolute atomic E-state index is 0.00831. The summed E-state index contributed by atoms with van der Waals surface area (Å²) in [5, 5.41) is 0. The van der Waals surface area contributed by atoms with E-state index in [0.717, 1.165) is 0 Å². The van der Waals surface area contributed by atoms with E-state index in [2.05, 4.69) is 4.98 Å². The highest BCUT2D eigenvalue weighted by Crippen LogP contribution is 2.28. The Hall–Kier alpha value is -1.62. The number of aromatic nitrogens is 2. The number of rotatable bonds is 5. The maximum absolute atomic E-state index is 13.4.